The van der Waals surface area contributed by atoms with E-state index in [2.05, 4.69) is 10.3 Å². The van der Waals surface area contributed by atoms with Gasteiger partial charge in [-0.05, 0) is 31.0 Å². The second-order valence-electron chi connectivity index (χ2n) is 4.58. The average molecular weight is 251 g/mol. The van der Waals surface area contributed by atoms with E-state index in [9.17, 15) is 4.79 Å². The predicted octanol–water partition coefficient (Wildman–Crippen LogP) is 3.13. The molecule has 1 atom stereocenters. The Bertz CT molecular complexity index is 494. The number of benzodiazepines with no additional fused rings is 1. The number of nitrogens with one attached hydrogen (secondary N) is 1. The minimum atomic E-state index is -0.332. The second-order valence-corrected chi connectivity index (χ2v) is 5.02. The highest BCUT2D eigenvalue weighted by atomic mass is 35.5. The van der Waals surface area contributed by atoms with Gasteiger partial charge < -0.3 is 5.32 Å². The summed E-state index contributed by atoms with van der Waals surface area (Å²) >= 11 is 5.96. The molecule has 4 heteroatoms. The molecule has 1 amide bonds. The number of nitrogens with zero attached hydrogens (tertiary/aromatic N) is 1. The van der Waals surface area contributed by atoms with E-state index in [4.69, 9.17) is 11.6 Å². The third-order valence-electron chi connectivity index (χ3n) is 2.86. The normalized spacial score (nSPS) is 19.5. The van der Waals surface area contributed by atoms with E-state index in [1.807, 2.05) is 32.9 Å². The lowest BCUT2D eigenvalue weighted by Crippen LogP contribution is -2.29. The summed E-state index contributed by atoms with van der Waals surface area (Å²) in [4.78, 5) is 16.5. The molecule has 1 aromatic rings. The number of rotatable bonds is 1. The highest BCUT2D eigenvalue weighted by molar-refractivity contribution is 6.31. The summed E-state index contributed by atoms with van der Waals surface area (Å²) in [5, 5.41) is 3.55. The maximum Gasteiger partial charge on any atom is 0.249 e. The Labute approximate surface area is 106 Å². The van der Waals surface area contributed by atoms with Crippen molar-refractivity contribution in [1.82, 2.24) is 0 Å². The number of aliphatic imine (C=N–C) groups is 1. The van der Waals surface area contributed by atoms with Crippen LogP contribution < -0.4 is 5.32 Å². The molecular formula is C13H15ClN2O. The van der Waals surface area contributed by atoms with Crippen molar-refractivity contribution in [3.63, 3.8) is 0 Å². The fourth-order valence-corrected chi connectivity index (χ4v) is 2.09. The Morgan fingerprint density at radius 1 is 1.41 bits per heavy atom. The summed E-state index contributed by atoms with van der Waals surface area (Å²) in [7, 11) is 0. The van der Waals surface area contributed by atoms with Gasteiger partial charge in [0.25, 0.3) is 0 Å². The van der Waals surface area contributed by atoms with Crippen LogP contribution in [0.2, 0.25) is 5.02 Å². The van der Waals surface area contributed by atoms with E-state index in [-0.39, 0.29) is 17.9 Å². The Hall–Kier alpha value is -1.35. The Balaban J connectivity index is 2.51. The molecule has 1 aromatic carbocycles. The summed E-state index contributed by atoms with van der Waals surface area (Å²) in [6.07, 6.45) is 0. The summed E-state index contributed by atoms with van der Waals surface area (Å²) in [6.45, 7) is 5.89. The molecule has 1 N–H and O–H groups in total. The predicted molar refractivity (Wildman–Crippen MR) is 70.9 cm³/mol. The van der Waals surface area contributed by atoms with Gasteiger partial charge in [0.15, 0.2) is 0 Å². The first kappa shape index (κ1) is 12.1. The summed E-state index contributed by atoms with van der Waals surface area (Å²) in [5.41, 5.74) is 2.53. The van der Waals surface area contributed by atoms with Gasteiger partial charge in [0.05, 0.1) is 0 Å². The van der Waals surface area contributed by atoms with Crippen LogP contribution in [0.15, 0.2) is 23.2 Å². The summed E-state index contributed by atoms with van der Waals surface area (Å²) < 4.78 is 0. The van der Waals surface area contributed by atoms with Gasteiger partial charge in [-0.2, -0.15) is 0 Å². The maximum absolute atomic E-state index is 12.0. The molecule has 1 aliphatic heterocycles. The van der Waals surface area contributed by atoms with Crippen LogP contribution in [-0.4, -0.2) is 17.7 Å². The van der Waals surface area contributed by atoms with Crippen molar-refractivity contribution in [2.75, 3.05) is 5.32 Å². The minimum Gasteiger partial charge on any atom is -0.324 e. The Kier molecular flexibility index (Phi) is 3.20. The lowest BCUT2D eigenvalue weighted by Gasteiger charge is -2.13. The molecule has 1 aliphatic rings. The number of carbonyl (C=O) groups is 1. The van der Waals surface area contributed by atoms with Crippen LogP contribution in [-0.2, 0) is 4.79 Å². The van der Waals surface area contributed by atoms with Crippen molar-refractivity contribution in [3.05, 3.63) is 28.8 Å². The van der Waals surface area contributed by atoms with Crippen molar-refractivity contribution >= 4 is 28.9 Å². The molecule has 0 spiro atoms. The fourth-order valence-electron chi connectivity index (χ4n) is 1.92. The van der Waals surface area contributed by atoms with Gasteiger partial charge in [0.2, 0.25) is 5.91 Å². The molecule has 0 radical (unpaired) electrons. The van der Waals surface area contributed by atoms with Gasteiger partial charge in [-0.15, -0.1) is 0 Å². The van der Waals surface area contributed by atoms with Crippen LogP contribution in [0, 0.1) is 5.92 Å². The minimum absolute atomic E-state index is 0.0552. The van der Waals surface area contributed by atoms with Crippen LogP contribution in [0.4, 0.5) is 5.69 Å². The van der Waals surface area contributed by atoms with Crippen molar-refractivity contribution in [3.8, 4) is 0 Å². The number of fused-ring (bicyclic) bond motifs is 1. The third kappa shape index (κ3) is 2.34. The van der Waals surface area contributed by atoms with E-state index in [0.29, 0.717) is 5.02 Å². The molecule has 0 aromatic heterocycles. The first-order chi connectivity index (χ1) is 7.99. The SMILES string of the molecule is CC1=NC(C(C)C)C(=O)Nc2ccc(Cl)cc21. The van der Waals surface area contributed by atoms with E-state index in [1.54, 1.807) is 6.07 Å². The molecule has 3 nitrogen and oxygen atoms in total. The van der Waals surface area contributed by atoms with Crippen molar-refractivity contribution in [1.29, 1.82) is 0 Å². The smallest absolute Gasteiger partial charge is 0.249 e. The van der Waals surface area contributed by atoms with Gasteiger partial charge in [-0.25, -0.2) is 0 Å². The number of amides is 1. The maximum atomic E-state index is 12.0. The summed E-state index contributed by atoms with van der Waals surface area (Å²) in [5.74, 6) is 0.121. The number of hydrogen-bond acceptors (Lipinski definition) is 2. The molecule has 0 aliphatic carbocycles. The van der Waals surface area contributed by atoms with Gasteiger partial charge in [0.1, 0.15) is 6.04 Å². The first-order valence-corrected chi connectivity index (χ1v) is 6.02. The standard InChI is InChI=1S/C13H15ClN2O/c1-7(2)12-13(17)16-11-5-4-9(14)6-10(11)8(3)15-12/h4-7,12H,1-3H3,(H,16,17). The van der Waals surface area contributed by atoms with Gasteiger partial charge in [0, 0.05) is 22.0 Å². The van der Waals surface area contributed by atoms with E-state index >= 15 is 0 Å². The van der Waals surface area contributed by atoms with Gasteiger partial charge >= 0.3 is 0 Å². The van der Waals surface area contributed by atoms with Crippen LogP contribution in [0.5, 0.6) is 0 Å². The zero-order chi connectivity index (χ0) is 12.6. The second kappa shape index (κ2) is 4.49. The third-order valence-corrected chi connectivity index (χ3v) is 3.10. The van der Waals surface area contributed by atoms with Crippen LogP contribution >= 0.6 is 11.6 Å². The average Bonchev–Trinajstić information content (AvgIpc) is 2.38. The number of benzene rings is 1. The van der Waals surface area contributed by atoms with Crippen LogP contribution in [0.25, 0.3) is 0 Å². The molecule has 2 rings (SSSR count). The number of anilines is 1. The lowest BCUT2D eigenvalue weighted by molar-refractivity contribution is -0.118. The van der Waals surface area contributed by atoms with Crippen LogP contribution in [0.3, 0.4) is 0 Å². The Morgan fingerprint density at radius 3 is 2.76 bits per heavy atom. The molecule has 1 heterocycles. The van der Waals surface area contributed by atoms with E-state index in [0.717, 1.165) is 17.0 Å². The molecule has 90 valence electrons. The Morgan fingerprint density at radius 2 is 2.12 bits per heavy atom. The zero-order valence-corrected chi connectivity index (χ0v) is 10.9. The molecule has 17 heavy (non-hydrogen) atoms. The molecule has 0 fully saturated rings. The summed E-state index contributed by atoms with van der Waals surface area (Å²) in [6, 6.07) is 5.08. The first-order valence-electron chi connectivity index (χ1n) is 5.64. The molecule has 1 unspecified atom stereocenters. The number of hydrogen-bond donors (Lipinski definition) is 1. The largest absolute Gasteiger partial charge is 0.324 e. The zero-order valence-electron chi connectivity index (χ0n) is 10.1. The van der Waals surface area contributed by atoms with Crippen molar-refractivity contribution in [2.45, 2.75) is 26.8 Å². The number of halogens is 1. The topological polar surface area (TPSA) is 41.5 Å². The van der Waals surface area contributed by atoms with Crippen molar-refractivity contribution < 1.29 is 4.79 Å². The molecular weight excluding hydrogens is 236 g/mol. The number of carbonyl (C=O) groups excluding carboxylic acids is 1. The quantitative estimate of drug-likeness (QED) is 0.818. The van der Waals surface area contributed by atoms with Gasteiger partial charge in [-0.3, -0.25) is 9.79 Å². The van der Waals surface area contributed by atoms with E-state index in [1.165, 1.54) is 0 Å². The molecule has 0 saturated carbocycles. The lowest BCUT2D eigenvalue weighted by atomic mass is 10.0. The molecule has 0 saturated heterocycles. The fraction of sp³-hybridized carbons (Fsp3) is 0.385. The van der Waals surface area contributed by atoms with Gasteiger partial charge in [-0.1, -0.05) is 25.4 Å². The highest BCUT2D eigenvalue weighted by Gasteiger charge is 2.25. The molecule has 0 bridgehead atoms. The van der Waals surface area contributed by atoms with E-state index < -0.39 is 0 Å². The highest BCUT2D eigenvalue weighted by Crippen LogP contribution is 2.25. The monoisotopic (exact) mass is 250 g/mol. The van der Waals surface area contributed by atoms with Crippen molar-refractivity contribution in [2.24, 2.45) is 10.9 Å². The van der Waals surface area contributed by atoms with Crippen LogP contribution in [0.1, 0.15) is 26.3 Å².